The van der Waals surface area contributed by atoms with E-state index in [4.69, 9.17) is 17.3 Å². The average Bonchev–Trinajstić information content (AvgIpc) is 2.50. The molecule has 0 saturated carbocycles. The van der Waals surface area contributed by atoms with Gasteiger partial charge in [0.1, 0.15) is 5.82 Å². The Morgan fingerprint density at radius 3 is 2.80 bits per heavy atom. The van der Waals surface area contributed by atoms with Crippen LogP contribution in [-0.2, 0) is 0 Å². The first-order valence-electron chi connectivity index (χ1n) is 4.35. The van der Waals surface area contributed by atoms with Crippen molar-refractivity contribution in [2.24, 2.45) is 0 Å². The standard InChI is InChI=1S/C10H9ClFN3/c1-5-9(15-10(13)14-5)7-4-6(11)2-3-8(7)12/h2-4H,1H3,(H3,13,14,15). The van der Waals surface area contributed by atoms with Gasteiger partial charge in [0.2, 0.25) is 0 Å². The monoisotopic (exact) mass is 225 g/mol. The van der Waals surface area contributed by atoms with Gasteiger partial charge in [0.05, 0.1) is 5.69 Å². The molecule has 78 valence electrons. The number of nitrogens with zero attached hydrogens (tertiary/aromatic N) is 1. The molecule has 0 atom stereocenters. The highest BCUT2D eigenvalue weighted by Gasteiger charge is 2.12. The van der Waals surface area contributed by atoms with Gasteiger partial charge in [-0.1, -0.05) is 11.6 Å². The van der Waals surface area contributed by atoms with E-state index in [1.807, 2.05) is 0 Å². The maximum absolute atomic E-state index is 13.5. The molecule has 1 aromatic heterocycles. The maximum Gasteiger partial charge on any atom is 0.198 e. The molecule has 0 fully saturated rings. The molecule has 0 spiro atoms. The summed E-state index contributed by atoms with van der Waals surface area (Å²) in [5.41, 5.74) is 7.05. The van der Waals surface area contributed by atoms with Crippen molar-refractivity contribution in [3.63, 3.8) is 0 Å². The van der Waals surface area contributed by atoms with Crippen molar-refractivity contribution in [3.8, 4) is 11.3 Å². The van der Waals surface area contributed by atoms with Crippen molar-refractivity contribution < 1.29 is 4.39 Å². The molecule has 2 rings (SSSR count). The zero-order chi connectivity index (χ0) is 11.0. The molecular formula is C10H9ClFN3. The number of hydrogen-bond acceptors (Lipinski definition) is 2. The summed E-state index contributed by atoms with van der Waals surface area (Å²) < 4.78 is 13.5. The topological polar surface area (TPSA) is 54.7 Å². The van der Waals surface area contributed by atoms with E-state index >= 15 is 0 Å². The second-order valence-corrected chi connectivity index (χ2v) is 3.66. The largest absolute Gasteiger partial charge is 0.369 e. The lowest BCUT2D eigenvalue weighted by atomic mass is 10.1. The van der Waals surface area contributed by atoms with E-state index in [2.05, 4.69) is 9.97 Å². The zero-order valence-electron chi connectivity index (χ0n) is 8.01. The summed E-state index contributed by atoms with van der Waals surface area (Å²) >= 11 is 5.79. The number of halogens is 2. The molecule has 0 bridgehead atoms. The van der Waals surface area contributed by atoms with Gasteiger partial charge in [0.15, 0.2) is 5.95 Å². The first-order valence-corrected chi connectivity index (χ1v) is 4.73. The minimum absolute atomic E-state index is 0.266. The maximum atomic E-state index is 13.5. The molecule has 0 unspecified atom stereocenters. The lowest BCUT2D eigenvalue weighted by Gasteiger charge is -2.01. The number of aromatic nitrogens is 2. The summed E-state index contributed by atoms with van der Waals surface area (Å²) in [6.45, 7) is 1.78. The third-order valence-electron chi connectivity index (χ3n) is 2.09. The molecule has 0 saturated heterocycles. The normalized spacial score (nSPS) is 10.6. The van der Waals surface area contributed by atoms with E-state index < -0.39 is 0 Å². The van der Waals surface area contributed by atoms with Crippen molar-refractivity contribution in [1.29, 1.82) is 0 Å². The number of H-pyrrole nitrogens is 1. The summed E-state index contributed by atoms with van der Waals surface area (Å²) in [5.74, 6) is -0.101. The molecule has 2 aromatic rings. The van der Waals surface area contributed by atoms with Gasteiger partial charge in [-0.05, 0) is 25.1 Å². The van der Waals surface area contributed by atoms with E-state index in [-0.39, 0.29) is 11.8 Å². The zero-order valence-corrected chi connectivity index (χ0v) is 8.77. The number of nitrogen functional groups attached to an aromatic ring is 1. The van der Waals surface area contributed by atoms with Crippen LogP contribution in [-0.4, -0.2) is 9.97 Å². The van der Waals surface area contributed by atoms with Crippen LogP contribution in [0.25, 0.3) is 11.3 Å². The van der Waals surface area contributed by atoms with Crippen molar-refractivity contribution in [2.75, 3.05) is 5.73 Å². The molecule has 5 heteroatoms. The van der Waals surface area contributed by atoms with Gasteiger partial charge >= 0.3 is 0 Å². The minimum atomic E-state index is -0.367. The van der Waals surface area contributed by atoms with E-state index in [0.717, 1.165) is 0 Å². The van der Waals surface area contributed by atoms with E-state index in [0.29, 0.717) is 22.0 Å². The molecule has 3 nitrogen and oxygen atoms in total. The van der Waals surface area contributed by atoms with Crippen LogP contribution in [0, 0.1) is 12.7 Å². The highest BCUT2D eigenvalue weighted by molar-refractivity contribution is 6.30. The molecule has 1 aromatic carbocycles. The third-order valence-corrected chi connectivity index (χ3v) is 2.32. The average molecular weight is 226 g/mol. The second-order valence-electron chi connectivity index (χ2n) is 3.22. The van der Waals surface area contributed by atoms with Crippen molar-refractivity contribution in [1.82, 2.24) is 9.97 Å². The number of imidazole rings is 1. The molecule has 0 amide bonds. The van der Waals surface area contributed by atoms with Gasteiger partial charge in [-0.3, -0.25) is 0 Å². The number of hydrogen-bond donors (Lipinski definition) is 2. The Balaban J connectivity index is 2.62. The van der Waals surface area contributed by atoms with Crippen LogP contribution < -0.4 is 5.73 Å². The number of nitrogens with two attached hydrogens (primary N) is 1. The fraction of sp³-hybridized carbons (Fsp3) is 0.100. The predicted molar refractivity (Wildman–Crippen MR) is 58.1 cm³/mol. The molecule has 0 aliphatic carbocycles. The number of rotatable bonds is 1. The first kappa shape index (κ1) is 9.98. The quantitative estimate of drug-likeness (QED) is 0.784. The number of nitrogens with one attached hydrogen (secondary N) is 1. The van der Waals surface area contributed by atoms with Crippen molar-refractivity contribution in [2.45, 2.75) is 6.92 Å². The summed E-state index contributed by atoms with van der Waals surface area (Å²) in [4.78, 5) is 6.82. The van der Waals surface area contributed by atoms with Gasteiger partial charge in [0.25, 0.3) is 0 Å². The van der Waals surface area contributed by atoms with Crippen molar-refractivity contribution in [3.05, 3.63) is 34.7 Å². The number of anilines is 1. The molecular weight excluding hydrogens is 217 g/mol. The summed E-state index contributed by atoms with van der Waals surface area (Å²) in [6, 6.07) is 4.33. The van der Waals surface area contributed by atoms with Crippen molar-refractivity contribution >= 4 is 17.5 Å². The Hall–Kier alpha value is -1.55. The summed E-state index contributed by atoms with van der Waals surface area (Å²) in [7, 11) is 0. The van der Waals surface area contributed by atoms with Gasteiger partial charge in [-0.2, -0.15) is 0 Å². The Kier molecular flexibility index (Phi) is 2.36. The van der Waals surface area contributed by atoms with Gasteiger partial charge < -0.3 is 10.7 Å². The minimum Gasteiger partial charge on any atom is -0.369 e. The summed E-state index contributed by atoms with van der Waals surface area (Å²) in [5, 5.41) is 0.465. The van der Waals surface area contributed by atoms with Crippen LogP contribution in [0.3, 0.4) is 0 Å². The first-order chi connectivity index (χ1) is 7.08. The van der Waals surface area contributed by atoms with Crippen LogP contribution in [0.1, 0.15) is 5.69 Å². The number of aryl methyl sites for hydroxylation is 1. The predicted octanol–water partition coefficient (Wildman–Crippen LogP) is 2.76. The fourth-order valence-electron chi connectivity index (χ4n) is 1.42. The van der Waals surface area contributed by atoms with E-state index in [1.165, 1.54) is 18.2 Å². The van der Waals surface area contributed by atoms with E-state index in [9.17, 15) is 4.39 Å². The highest BCUT2D eigenvalue weighted by Crippen LogP contribution is 2.27. The van der Waals surface area contributed by atoms with Crippen LogP contribution in [0.5, 0.6) is 0 Å². The Labute approximate surface area is 91.1 Å². The number of benzene rings is 1. The van der Waals surface area contributed by atoms with Gasteiger partial charge in [0, 0.05) is 16.3 Å². The van der Waals surface area contributed by atoms with Crippen LogP contribution >= 0.6 is 11.6 Å². The molecule has 15 heavy (non-hydrogen) atoms. The van der Waals surface area contributed by atoms with E-state index in [1.54, 1.807) is 6.92 Å². The summed E-state index contributed by atoms with van der Waals surface area (Å²) in [6.07, 6.45) is 0. The SMILES string of the molecule is Cc1[nH]c(N)nc1-c1cc(Cl)ccc1F. The molecule has 0 radical (unpaired) electrons. The Bertz CT molecular complexity index is 507. The molecule has 3 N–H and O–H groups in total. The number of aromatic amines is 1. The Morgan fingerprint density at radius 1 is 1.47 bits per heavy atom. The highest BCUT2D eigenvalue weighted by atomic mass is 35.5. The third kappa shape index (κ3) is 1.80. The Morgan fingerprint density at radius 2 is 2.20 bits per heavy atom. The molecule has 0 aliphatic heterocycles. The molecule has 0 aliphatic rings. The van der Waals surface area contributed by atoms with Crippen LogP contribution in [0.15, 0.2) is 18.2 Å². The molecule has 1 heterocycles. The van der Waals surface area contributed by atoms with Crippen LogP contribution in [0.2, 0.25) is 5.02 Å². The lowest BCUT2D eigenvalue weighted by Crippen LogP contribution is -1.88. The smallest absolute Gasteiger partial charge is 0.198 e. The van der Waals surface area contributed by atoms with Crippen LogP contribution in [0.4, 0.5) is 10.3 Å². The second kappa shape index (κ2) is 3.55. The lowest BCUT2D eigenvalue weighted by molar-refractivity contribution is 0.630. The van der Waals surface area contributed by atoms with Gasteiger partial charge in [-0.25, -0.2) is 9.37 Å². The fourth-order valence-corrected chi connectivity index (χ4v) is 1.60. The van der Waals surface area contributed by atoms with Gasteiger partial charge in [-0.15, -0.1) is 0 Å².